The van der Waals surface area contributed by atoms with E-state index in [-0.39, 0.29) is 12.1 Å². The first-order valence-corrected chi connectivity index (χ1v) is 12.5. The van der Waals surface area contributed by atoms with Crippen LogP contribution >= 0.6 is 0 Å². The number of nitrogens with one attached hydrogen (secondary N) is 2. The second-order valence-corrected chi connectivity index (χ2v) is 9.61. The highest BCUT2D eigenvalue weighted by molar-refractivity contribution is 5.89. The van der Waals surface area contributed by atoms with Crippen molar-refractivity contribution < 1.29 is 24.2 Å². The van der Waals surface area contributed by atoms with Gasteiger partial charge in [0.2, 0.25) is 0 Å². The Labute approximate surface area is 218 Å². The summed E-state index contributed by atoms with van der Waals surface area (Å²) in [4.78, 5) is 38.3. The van der Waals surface area contributed by atoms with E-state index in [9.17, 15) is 9.59 Å². The van der Waals surface area contributed by atoms with E-state index in [0.717, 1.165) is 42.8 Å². The van der Waals surface area contributed by atoms with Crippen molar-refractivity contribution in [1.29, 1.82) is 0 Å². The summed E-state index contributed by atoms with van der Waals surface area (Å²) in [5, 5.41) is 12.5. The molecule has 202 valence electrons. The average Bonchev–Trinajstić information content (AvgIpc) is 2.89. The van der Waals surface area contributed by atoms with Gasteiger partial charge in [-0.1, -0.05) is 0 Å². The number of amides is 3. The molecule has 2 aliphatic rings. The van der Waals surface area contributed by atoms with Crippen LogP contribution < -0.4 is 15.5 Å². The quantitative estimate of drug-likeness (QED) is 0.568. The van der Waals surface area contributed by atoms with Crippen molar-refractivity contribution in [3.8, 4) is 11.4 Å². The van der Waals surface area contributed by atoms with E-state index >= 15 is 0 Å². The number of nitrogens with zero attached hydrogens (tertiary/aromatic N) is 4. The van der Waals surface area contributed by atoms with Crippen molar-refractivity contribution >= 4 is 23.6 Å². The van der Waals surface area contributed by atoms with Crippen LogP contribution in [-0.2, 0) is 22.4 Å². The van der Waals surface area contributed by atoms with Gasteiger partial charge in [-0.05, 0) is 58.4 Å². The number of benzene rings is 1. The molecule has 11 heteroatoms. The number of carbonyl (C=O) groups excluding carboxylic acids is 2. The zero-order valence-electron chi connectivity index (χ0n) is 22.3. The third kappa shape index (κ3) is 7.53. The Bertz CT molecular complexity index is 1060. The first-order chi connectivity index (χ1) is 17.7. The number of ether oxygens (including phenoxy) is 2. The minimum Gasteiger partial charge on any atom is -0.444 e. The molecule has 0 atom stereocenters. The number of hydrogen-bond donors (Lipinski definition) is 3. The molecule has 2 aromatic rings. The summed E-state index contributed by atoms with van der Waals surface area (Å²) in [5.41, 5.74) is 2.86. The van der Waals surface area contributed by atoms with Gasteiger partial charge in [0.25, 0.3) is 0 Å². The molecule has 0 bridgehead atoms. The minimum atomic E-state index is -0.559. The van der Waals surface area contributed by atoms with Gasteiger partial charge in [-0.2, -0.15) is 0 Å². The molecular formula is C26H38N6O5. The molecular weight excluding hydrogens is 476 g/mol. The molecule has 0 spiro atoms. The summed E-state index contributed by atoms with van der Waals surface area (Å²) in [6, 6.07) is 7.19. The van der Waals surface area contributed by atoms with E-state index in [4.69, 9.17) is 24.5 Å². The first kappa shape index (κ1) is 28.1. The number of aliphatic hydroxyl groups is 1. The molecule has 1 saturated heterocycles. The highest BCUT2D eigenvalue weighted by Gasteiger charge is 2.30. The normalized spacial score (nSPS) is 15.2. The summed E-state index contributed by atoms with van der Waals surface area (Å²) < 4.78 is 11.1. The Kier molecular flexibility index (Phi) is 9.65. The number of anilines is 2. The molecule has 3 heterocycles. The summed E-state index contributed by atoms with van der Waals surface area (Å²) in [6.45, 7) is 11.8. The van der Waals surface area contributed by atoms with Gasteiger partial charge in [0, 0.05) is 50.1 Å². The van der Waals surface area contributed by atoms with Crippen LogP contribution in [0.15, 0.2) is 24.3 Å². The van der Waals surface area contributed by atoms with Gasteiger partial charge in [0.15, 0.2) is 5.82 Å². The maximum absolute atomic E-state index is 12.7. The second-order valence-electron chi connectivity index (χ2n) is 9.61. The highest BCUT2D eigenvalue weighted by atomic mass is 16.6. The second kappa shape index (κ2) is 12.7. The molecule has 2 aliphatic heterocycles. The van der Waals surface area contributed by atoms with Crippen molar-refractivity contribution in [2.24, 2.45) is 0 Å². The molecule has 0 saturated carbocycles. The molecule has 3 N–H and O–H groups in total. The lowest BCUT2D eigenvalue weighted by Gasteiger charge is -2.34. The summed E-state index contributed by atoms with van der Waals surface area (Å²) in [7, 11) is 1.00. The van der Waals surface area contributed by atoms with Crippen LogP contribution in [0.25, 0.3) is 11.4 Å². The number of morpholine rings is 1. The largest absolute Gasteiger partial charge is 0.444 e. The van der Waals surface area contributed by atoms with Gasteiger partial charge in [-0.15, -0.1) is 0 Å². The number of urea groups is 1. The number of aromatic nitrogens is 2. The van der Waals surface area contributed by atoms with Crippen LogP contribution in [0.3, 0.4) is 0 Å². The SMILES string of the molecule is CCNC(=O)Nc1ccc(-c2nc3c(c(N4CCOCC4)n2)CCN(C(=O)OC(C)(C)C)C3)cc1.CO. The van der Waals surface area contributed by atoms with Gasteiger partial charge in [-0.25, -0.2) is 19.6 Å². The third-order valence-electron chi connectivity index (χ3n) is 5.74. The molecule has 4 rings (SSSR count). The Hall–Kier alpha value is -3.44. The molecule has 1 fully saturated rings. The minimum absolute atomic E-state index is 0.248. The van der Waals surface area contributed by atoms with Crippen LogP contribution in [0.1, 0.15) is 39.0 Å². The van der Waals surface area contributed by atoms with Gasteiger partial charge in [0.1, 0.15) is 11.4 Å². The monoisotopic (exact) mass is 514 g/mol. The van der Waals surface area contributed by atoms with E-state index < -0.39 is 5.60 Å². The van der Waals surface area contributed by atoms with Gasteiger partial charge < -0.3 is 35.0 Å². The van der Waals surface area contributed by atoms with Gasteiger partial charge >= 0.3 is 12.1 Å². The van der Waals surface area contributed by atoms with Crippen LogP contribution in [0.2, 0.25) is 0 Å². The van der Waals surface area contributed by atoms with Gasteiger partial charge in [-0.3, -0.25) is 0 Å². The van der Waals surface area contributed by atoms with E-state index in [0.29, 0.717) is 50.8 Å². The average molecular weight is 515 g/mol. The predicted molar refractivity (Wildman–Crippen MR) is 142 cm³/mol. The lowest BCUT2D eigenvalue weighted by atomic mass is 10.0. The van der Waals surface area contributed by atoms with E-state index in [1.807, 2.05) is 52.0 Å². The highest BCUT2D eigenvalue weighted by Crippen LogP contribution is 2.31. The fourth-order valence-electron chi connectivity index (χ4n) is 4.10. The lowest BCUT2D eigenvalue weighted by Crippen LogP contribution is -2.42. The zero-order chi connectivity index (χ0) is 27.0. The number of hydrogen-bond acceptors (Lipinski definition) is 8. The van der Waals surface area contributed by atoms with E-state index in [1.54, 1.807) is 4.90 Å². The van der Waals surface area contributed by atoms with Crippen LogP contribution in [0.5, 0.6) is 0 Å². The standard InChI is InChI=1S/C25H34N6O4.CH4O/c1-5-26-23(32)27-18-8-6-17(7-9-18)21-28-20-16-31(24(33)35-25(2,3)4)11-10-19(20)22(29-21)30-12-14-34-15-13-30;1-2/h6-9H,5,10-16H2,1-4H3,(H2,26,27,32);2H,1H3. The molecule has 3 amide bonds. The van der Waals surface area contributed by atoms with Crippen molar-refractivity contribution in [3.05, 3.63) is 35.5 Å². The molecule has 0 unspecified atom stereocenters. The van der Waals surface area contributed by atoms with Crippen LogP contribution in [0.4, 0.5) is 21.1 Å². The Balaban J connectivity index is 0.00000186. The van der Waals surface area contributed by atoms with Gasteiger partial charge in [0.05, 0.1) is 25.5 Å². The zero-order valence-corrected chi connectivity index (χ0v) is 22.3. The third-order valence-corrected chi connectivity index (χ3v) is 5.74. The summed E-state index contributed by atoms with van der Waals surface area (Å²) in [5.74, 6) is 1.49. The van der Waals surface area contributed by atoms with E-state index in [1.165, 1.54) is 0 Å². The van der Waals surface area contributed by atoms with Crippen molar-refractivity contribution in [1.82, 2.24) is 20.2 Å². The Morgan fingerprint density at radius 3 is 2.38 bits per heavy atom. The van der Waals surface area contributed by atoms with Crippen molar-refractivity contribution in [3.63, 3.8) is 0 Å². The smallest absolute Gasteiger partial charge is 0.410 e. The fourth-order valence-corrected chi connectivity index (χ4v) is 4.10. The number of fused-ring (bicyclic) bond motifs is 1. The molecule has 0 radical (unpaired) electrons. The predicted octanol–water partition coefficient (Wildman–Crippen LogP) is 3.02. The molecule has 1 aromatic carbocycles. The Morgan fingerprint density at radius 2 is 1.76 bits per heavy atom. The lowest BCUT2D eigenvalue weighted by molar-refractivity contribution is 0.0220. The maximum atomic E-state index is 12.7. The molecule has 1 aromatic heterocycles. The number of aliphatic hydroxyl groups excluding tert-OH is 1. The maximum Gasteiger partial charge on any atom is 0.410 e. The Morgan fingerprint density at radius 1 is 1.08 bits per heavy atom. The van der Waals surface area contributed by atoms with Crippen LogP contribution in [0, 0.1) is 0 Å². The molecule has 11 nitrogen and oxygen atoms in total. The first-order valence-electron chi connectivity index (χ1n) is 12.5. The van der Waals surface area contributed by atoms with Crippen molar-refractivity contribution in [2.75, 3.05) is 56.7 Å². The van der Waals surface area contributed by atoms with Crippen molar-refractivity contribution in [2.45, 2.75) is 46.3 Å². The summed E-state index contributed by atoms with van der Waals surface area (Å²) >= 11 is 0. The molecule has 0 aliphatic carbocycles. The topological polar surface area (TPSA) is 129 Å². The fraction of sp³-hybridized carbons (Fsp3) is 0.538. The van der Waals surface area contributed by atoms with E-state index in [2.05, 4.69) is 15.5 Å². The summed E-state index contributed by atoms with van der Waals surface area (Å²) in [6.07, 6.45) is 0.328. The molecule has 37 heavy (non-hydrogen) atoms. The number of rotatable bonds is 4. The number of carbonyl (C=O) groups is 2. The van der Waals surface area contributed by atoms with Crippen LogP contribution in [-0.4, -0.2) is 84.2 Å².